The number of thiazole rings is 1. The van der Waals surface area contributed by atoms with Crippen molar-refractivity contribution in [3.05, 3.63) is 44.9 Å². The number of benzene rings is 1. The molecule has 1 heterocycles. The summed E-state index contributed by atoms with van der Waals surface area (Å²) >= 11 is 1.20. The van der Waals surface area contributed by atoms with Crippen molar-refractivity contribution in [1.82, 2.24) is 4.98 Å². The Labute approximate surface area is 99.0 Å². The maximum atomic E-state index is 11.0. The second-order valence-electron chi connectivity index (χ2n) is 3.99. The molecule has 1 aromatic heterocycles. The molecular formula is C13H15NOS. The highest BCUT2D eigenvalue weighted by atomic mass is 32.1. The summed E-state index contributed by atoms with van der Waals surface area (Å²) < 4.78 is 0. The monoisotopic (exact) mass is 233 g/mol. The summed E-state index contributed by atoms with van der Waals surface area (Å²) in [6.45, 7) is 4.41. The molecule has 0 spiro atoms. The molecule has 0 aliphatic rings. The van der Waals surface area contributed by atoms with Crippen molar-refractivity contribution in [2.24, 2.45) is 0 Å². The van der Waals surface area contributed by atoms with Gasteiger partial charge in [-0.3, -0.25) is 4.79 Å². The number of hydrogen-bond acceptors (Lipinski definition) is 2. The molecule has 1 N–H and O–H groups in total. The zero-order valence-electron chi connectivity index (χ0n) is 9.49. The molecule has 16 heavy (non-hydrogen) atoms. The van der Waals surface area contributed by atoms with E-state index in [0.717, 1.165) is 17.7 Å². The molecule has 1 aromatic carbocycles. The molecule has 2 rings (SSSR count). The fourth-order valence-corrected chi connectivity index (χ4v) is 2.24. The summed E-state index contributed by atoms with van der Waals surface area (Å²) in [7, 11) is 0. The van der Waals surface area contributed by atoms with Crippen LogP contribution in [0.5, 0.6) is 0 Å². The van der Waals surface area contributed by atoms with Crippen molar-refractivity contribution in [3.63, 3.8) is 0 Å². The molecule has 0 bridgehead atoms. The number of aromatic nitrogens is 1. The van der Waals surface area contributed by atoms with Gasteiger partial charge in [-0.2, -0.15) is 0 Å². The molecule has 2 aromatic rings. The average Bonchev–Trinajstić information content (AvgIpc) is 2.75. The van der Waals surface area contributed by atoms with Crippen LogP contribution in [0.15, 0.2) is 34.4 Å². The minimum Gasteiger partial charge on any atom is -0.312 e. The zero-order chi connectivity index (χ0) is 11.5. The van der Waals surface area contributed by atoms with E-state index in [1.54, 1.807) is 0 Å². The molecule has 0 aliphatic heterocycles. The topological polar surface area (TPSA) is 32.9 Å². The predicted octanol–water partition coefficient (Wildman–Crippen LogP) is 3.62. The molecule has 1 atom stereocenters. The van der Waals surface area contributed by atoms with Crippen LogP contribution < -0.4 is 4.87 Å². The largest absolute Gasteiger partial charge is 0.312 e. The molecule has 0 saturated heterocycles. The van der Waals surface area contributed by atoms with Crippen LogP contribution in [0.3, 0.4) is 0 Å². The lowest BCUT2D eigenvalue weighted by Gasteiger charge is -2.08. The van der Waals surface area contributed by atoms with Gasteiger partial charge in [-0.05, 0) is 23.5 Å². The first-order valence-corrected chi connectivity index (χ1v) is 6.37. The minimum absolute atomic E-state index is 0.000928. The zero-order valence-corrected chi connectivity index (χ0v) is 10.3. The van der Waals surface area contributed by atoms with Crippen LogP contribution in [-0.4, -0.2) is 4.98 Å². The van der Waals surface area contributed by atoms with Gasteiger partial charge in [0.25, 0.3) is 0 Å². The Bertz CT molecular complexity index is 509. The van der Waals surface area contributed by atoms with E-state index in [0.29, 0.717) is 5.92 Å². The Morgan fingerprint density at radius 1 is 1.31 bits per heavy atom. The quantitative estimate of drug-likeness (QED) is 0.863. The third-order valence-corrected chi connectivity index (χ3v) is 3.59. The Morgan fingerprint density at radius 3 is 2.50 bits per heavy atom. The van der Waals surface area contributed by atoms with E-state index in [1.807, 2.05) is 5.38 Å². The van der Waals surface area contributed by atoms with Crippen molar-refractivity contribution in [3.8, 4) is 11.3 Å². The number of rotatable bonds is 3. The van der Waals surface area contributed by atoms with Gasteiger partial charge in [-0.15, -0.1) is 0 Å². The summed E-state index contributed by atoms with van der Waals surface area (Å²) in [5, 5.41) is 1.86. The number of aromatic amines is 1. The number of H-pyrrole nitrogens is 1. The molecular weight excluding hydrogens is 218 g/mol. The van der Waals surface area contributed by atoms with Crippen LogP contribution in [0.2, 0.25) is 0 Å². The summed E-state index contributed by atoms with van der Waals surface area (Å²) in [6, 6.07) is 8.41. The molecule has 0 fully saturated rings. The van der Waals surface area contributed by atoms with E-state index < -0.39 is 0 Å². The van der Waals surface area contributed by atoms with E-state index >= 15 is 0 Å². The fourth-order valence-electron chi connectivity index (χ4n) is 1.65. The average molecular weight is 233 g/mol. The summed E-state index contributed by atoms with van der Waals surface area (Å²) in [4.78, 5) is 13.9. The van der Waals surface area contributed by atoms with E-state index in [9.17, 15) is 4.79 Å². The lowest BCUT2D eigenvalue weighted by Crippen LogP contribution is -1.93. The second-order valence-corrected chi connectivity index (χ2v) is 4.84. The molecule has 0 saturated carbocycles. The van der Waals surface area contributed by atoms with Gasteiger partial charge in [0.05, 0.1) is 5.69 Å². The maximum absolute atomic E-state index is 11.0. The molecule has 84 valence electrons. The van der Waals surface area contributed by atoms with Crippen molar-refractivity contribution in [1.29, 1.82) is 0 Å². The normalized spacial score (nSPS) is 12.6. The first-order valence-electron chi connectivity index (χ1n) is 5.49. The first kappa shape index (κ1) is 11.1. The highest BCUT2D eigenvalue weighted by Crippen LogP contribution is 2.23. The van der Waals surface area contributed by atoms with Crippen LogP contribution in [-0.2, 0) is 0 Å². The summed E-state index contributed by atoms with van der Waals surface area (Å²) in [5.74, 6) is 0.593. The number of nitrogens with one attached hydrogen (secondary N) is 1. The van der Waals surface area contributed by atoms with Crippen LogP contribution in [0, 0.1) is 0 Å². The van der Waals surface area contributed by atoms with Gasteiger partial charge >= 0.3 is 4.87 Å². The Kier molecular flexibility index (Phi) is 3.25. The van der Waals surface area contributed by atoms with Crippen LogP contribution in [0.25, 0.3) is 11.3 Å². The van der Waals surface area contributed by atoms with Crippen molar-refractivity contribution in [2.75, 3.05) is 0 Å². The minimum atomic E-state index is 0.000928. The lowest BCUT2D eigenvalue weighted by molar-refractivity contribution is 0.734. The molecule has 0 amide bonds. The lowest BCUT2D eigenvalue weighted by atomic mass is 9.97. The SMILES string of the molecule is CCC(C)c1ccc(-c2csc(=O)[nH]2)cc1. The van der Waals surface area contributed by atoms with E-state index in [2.05, 4.69) is 43.1 Å². The van der Waals surface area contributed by atoms with E-state index in [-0.39, 0.29) is 4.87 Å². The van der Waals surface area contributed by atoms with Crippen molar-refractivity contribution >= 4 is 11.3 Å². The molecule has 0 radical (unpaired) electrons. The molecule has 3 heteroatoms. The molecule has 1 unspecified atom stereocenters. The number of hydrogen-bond donors (Lipinski definition) is 1. The third-order valence-electron chi connectivity index (χ3n) is 2.92. The Balaban J connectivity index is 2.29. The van der Waals surface area contributed by atoms with Gasteiger partial charge < -0.3 is 4.98 Å². The van der Waals surface area contributed by atoms with Gasteiger partial charge in [0, 0.05) is 5.38 Å². The van der Waals surface area contributed by atoms with Crippen LogP contribution >= 0.6 is 11.3 Å². The van der Waals surface area contributed by atoms with Crippen LogP contribution in [0.1, 0.15) is 31.7 Å². The van der Waals surface area contributed by atoms with Crippen LogP contribution in [0.4, 0.5) is 0 Å². The maximum Gasteiger partial charge on any atom is 0.304 e. The molecule has 2 nitrogen and oxygen atoms in total. The van der Waals surface area contributed by atoms with Gasteiger partial charge in [0.1, 0.15) is 0 Å². The predicted molar refractivity (Wildman–Crippen MR) is 69.1 cm³/mol. The van der Waals surface area contributed by atoms with Gasteiger partial charge in [-0.1, -0.05) is 49.4 Å². The standard InChI is InChI=1S/C13H15NOS/c1-3-9(2)10-4-6-11(7-5-10)12-8-16-13(15)14-12/h4-9H,3H2,1-2H3,(H,14,15). The molecule has 0 aliphatic carbocycles. The summed E-state index contributed by atoms with van der Waals surface area (Å²) in [5.41, 5.74) is 3.33. The second kappa shape index (κ2) is 4.66. The Hall–Kier alpha value is -1.35. The van der Waals surface area contributed by atoms with Gasteiger partial charge in [-0.25, -0.2) is 0 Å². The smallest absolute Gasteiger partial charge is 0.304 e. The summed E-state index contributed by atoms with van der Waals surface area (Å²) in [6.07, 6.45) is 1.15. The highest BCUT2D eigenvalue weighted by Gasteiger charge is 2.04. The van der Waals surface area contributed by atoms with E-state index in [1.165, 1.54) is 16.9 Å². The van der Waals surface area contributed by atoms with Crippen molar-refractivity contribution < 1.29 is 0 Å². The first-order chi connectivity index (χ1) is 7.70. The van der Waals surface area contributed by atoms with Gasteiger partial charge in [0.2, 0.25) is 0 Å². The fraction of sp³-hybridized carbons (Fsp3) is 0.308. The third kappa shape index (κ3) is 2.25. The highest BCUT2D eigenvalue weighted by molar-refractivity contribution is 7.07. The Morgan fingerprint density at radius 2 is 2.00 bits per heavy atom. The van der Waals surface area contributed by atoms with E-state index in [4.69, 9.17) is 0 Å². The van der Waals surface area contributed by atoms with Gasteiger partial charge in [0.15, 0.2) is 0 Å². The van der Waals surface area contributed by atoms with Crippen molar-refractivity contribution in [2.45, 2.75) is 26.2 Å².